The summed E-state index contributed by atoms with van der Waals surface area (Å²) in [4.78, 5) is 2.53. The lowest BCUT2D eigenvalue weighted by atomic mass is 9.73. The van der Waals surface area contributed by atoms with Crippen LogP contribution in [-0.4, -0.2) is 0 Å². The second-order valence-electron chi connectivity index (χ2n) is 18.5. The van der Waals surface area contributed by atoms with Crippen LogP contribution in [0.1, 0.15) is 23.6 Å². The van der Waals surface area contributed by atoms with Crippen LogP contribution in [0.25, 0.3) is 88.0 Å². The van der Waals surface area contributed by atoms with E-state index >= 15 is 0 Å². The molecule has 0 spiro atoms. The SMILES string of the molecule is CC1(c2ccccc2)c2ccccc2-c2cccc(N(c3ccc(-c4cccc5ccccc45)cc3)c3ccccc3-c3ccc4c(c3)c(-c3ccccc3)c(-c3ccccc3)c3ccccc34)c21. The average molecular weight is 878 g/mol. The van der Waals surface area contributed by atoms with Crippen molar-refractivity contribution in [3.05, 3.63) is 284 Å². The van der Waals surface area contributed by atoms with Crippen LogP contribution in [0.4, 0.5) is 17.1 Å². The summed E-state index contributed by atoms with van der Waals surface area (Å²) in [6.45, 7) is 2.42. The number of rotatable bonds is 8. The maximum Gasteiger partial charge on any atom is 0.0540 e. The molecule has 0 fully saturated rings. The Morgan fingerprint density at radius 2 is 0.812 bits per heavy atom. The molecule has 12 aromatic rings. The molecule has 69 heavy (non-hydrogen) atoms. The topological polar surface area (TPSA) is 3.24 Å². The Labute approximate surface area is 403 Å². The van der Waals surface area contributed by atoms with Gasteiger partial charge in [0.1, 0.15) is 0 Å². The van der Waals surface area contributed by atoms with Gasteiger partial charge >= 0.3 is 0 Å². The highest BCUT2D eigenvalue weighted by Crippen LogP contribution is 2.58. The molecule has 0 aliphatic heterocycles. The number of hydrogen-bond acceptors (Lipinski definition) is 1. The highest BCUT2D eigenvalue weighted by Gasteiger charge is 2.43. The fourth-order valence-electron chi connectivity index (χ4n) is 11.6. The summed E-state index contributed by atoms with van der Waals surface area (Å²) in [7, 11) is 0. The van der Waals surface area contributed by atoms with Gasteiger partial charge in [-0.05, 0) is 136 Å². The lowest BCUT2D eigenvalue weighted by Gasteiger charge is -2.35. The van der Waals surface area contributed by atoms with Gasteiger partial charge in [-0.15, -0.1) is 0 Å². The minimum Gasteiger partial charge on any atom is -0.310 e. The summed E-state index contributed by atoms with van der Waals surface area (Å²) in [6, 6.07) is 98.5. The molecule has 0 heterocycles. The highest BCUT2D eigenvalue weighted by atomic mass is 15.1. The van der Waals surface area contributed by atoms with Crippen molar-refractivity contribution in [2.24, 2.45) is 0 Å². The summed E-state index contributed by atoms with van der Waals surface area (Å²) >= 11 is 0. The highest BCUT2D eigenvalue weighted by molar-refractivity contribution is 6.22. The number of fused-ring (bicyclic) bond motifs is 7. The molecule has 1 nitrogen and oxygen atoms in total. The van der Waals surface area contributed by atoms with E-state index in [9.17, 15) is 0 Å². The quantitative estimate of drug-likeness (QED) is 0.138. The number of anilines is 3. The van der Waals surface area contributed by atoms with Gasteiger partial charge in [-0.1, -0.05) is 237 Å². The third-order valence-electron chi connectivity index (χ3n) is 14.7. The van der Waals surface area contributed by atoms with E-state index in [1.54, 1.807) is 0 Å². The Hall–Kier alpha value is -8.78. The fourth-order valence-corrected chi connectivity index (χ4v) is 11.6. The zero-order valence-electron chi connectivity index (χ0n) is 38.4. The monoisotopic (exact) mass is 877 g/mol. The van der Waals surface area contributed by atoms with Crippen LogP contribution >= 0.6 is 0 Å². The van der Waals surface area contributed by atoms with Gasteiger partial charge < -0.3 is 4.90 Å². The van der Waals surface area contributed by atoms with E-state index in [1.165, 1.54) is 93.5 Å². The van der Waals surface area contributed by atoms with Crippen molar-refractivity contribution >= 4 is 49.4 Å². The van der Waals surface area contributed by atoms with Gasteiger partial charge in [0.05, 0.1) is 11.4 Å². The van der Waals surface area contributed by atoms with Crippen LogP contribution in [0.2, 0.25) is 0 Å². The van der Waals surface area contributed by atoms with Crippen LogP contribution < -0.4 is 4.90 Å². The van der Waals surface area contributed by atoms with E-state index in [4.69, 9.17) is 0 Å². The second kappa shape index (κ2) is 16.5. The Balaban J connectivity index is 1.08. The number of para-hydroxylation sites is 1. The third kappa shape index (κ3) is 6.54. The molecule has 1 heteroatoms. The molecule has 12 aromatic carbocycles. The van der Waals surface area contributed by atoms with Crippen molar-refractivity contribution in [2.75, 3.05) is 4.90 Å². The maximum absolute atomic E-state index is 2.53. The predicted octanol–water partition coefficient (Wildman–Crippen LogP) is 18.6. The van der Waals surface area contributed by atoms with Crippen LogP contribution in [0.15, 0.2) is 267 Å². The third-order valence-corrected chi connectivity index (χ3v) is 14.7. The van der Waals surface area contributed by atoms with Crippen molar-refractivity contribution in [2.45, 2.75) is 12.3 Å². The molecule has 324 valence electrons. The zero-order valence-corrected chi connectivity index (χ0v) is 38.4. The normalized spacial score (nSPS) is 13.9. The molecule has 0 saturated carbocycles. The van der Waals surface area contributed by atoms with Gasteiger partial charge in [0.25, 0.3) is 0 Å². The Kier molecular flexibility index (Phi) is 9.70. The molecule has 1 unspecified atom stereocenters. The summed E-state index contributed by atoms with van der Waals surface area (Å²) in [5.74, 6) is 0. The number of nitrogens with zero attached hydrogens (tertiary/aromatic N) is 1. The van der Waals surface area contributed by atoms with Gasteiger partial charge in [0.2, 0.25) is 0 Å². The van der Waals surface area contributed by atoms with Crippen LogP contribution in [0.3, 0.4) is 0 Å². The van der Waals surface area contributed by atoms with E-state index in [-0.39, 0.29) is 0 Å². The first-order valence-electron chi connectivity index (χ1n) is 24.0. The zero-order chi connectivity index (χ0) is 45.9. The molecule has 0 amide bonds. The number of benzene rings is 12. The molecule has 0 N–H and O–H groups in total. The largest absolute Gasteiger partial charge is 0.310 e. The first kappa shape index (κ1) is 40.5. The first-order valence-corrected chi connectivity index (χ1v) is 24.0. The van der Waals surface area contributed by atoms with E-state index in [0.717, 1.165) is 28.2 Å². The number of hydrogen-bond donors (Lipinski definition) is 0. The van der Waals surface area contributed by atoms with E-state index in [1.807, 2.05) is 0 Å². The summed E-state index contributed by atoms with van der Waals surface area (Å²) in [6.07, 6.45) is 0. The van der Waals surface area contributed by atoms with E-state index in [0.29, 0.717) is 0 Å². The van der Waals surface area contributed by atoms with E-state index < -0.39 is 5.41 Å². The summed E-state index contributed by atoms with van der Waals surface area (Å²) < 4.78 is 0. The first-order chi connectivity index (χ1) is 34.1. The van der Waals surface area contributed by atoms with Crippen molar-refractivity contribution < 1.29 is 0 Å². The van der Waals surface area contributed by atoms with E-state index in [2.05, 4.69) is 279 Å². The molecule has 13 rings (SSSR count). The molecular formula is C68H47N. The van der Waals surface area contributed by atoms with Crippen molar-refractivity contribution in [3.8, 4) is 55.6 Å². The minimum absolute atomic E-state index is 0.428. The summed E-state index contributed by atoms with van der Waals surface area (Å²) in [5.41, 5.74) is 19.0. The molecule has 1 aliphatic carbocycles. The fraction of sp³-hybridized carbons (Fsp3) is 0.0294. The van der Waals surface area contributed by atoms with Gasteiger partial charge in [0, 0.05) is 16.7 Å². The molecule has 0 aromatic heterocycles. The van der Waals surface area contributed by atoms with Gasteiger partial charge in [-0.2, -0.15) is 0 Å². The molecular weight excluding hydrogens is 831 g/mol. The van der Waals surface area contributed by atoms with Crippen LogP contribution in [-0.2, 0) is 5.41 Å². The second-order valence-corrected chi connectivity index (χ2v) is 18.5. The maximum atomic E-state index is 2.53. The Morgan fingerprint density at radius 3 is 1.57 bits per heavy atom. The van der Waals surface area contributed by atoms with Gasteiger partial charge in [0.15, 0.2) is 0 Å². The molecule has 0 saturated heterocycles. The van der Waals surface area contributed by atoms with Gasteiger partial charge in [-0.3, -0.25) is 0 Å². The summed E-state index contributed by atoms with van der Waals surface area (Å²) in [5, 5.41) is 7.46. The molecule has 0 radical (unpaired) electrons. The smallest absolute Gasteiger partial charge is 0.0540 e. The van der Waals surface area contributed by atoms with Crippen LogP contribution in [0.5, 0.6) is 0 Å². The van der Waals surface area contributed by atoms with Crippen LogP contribution in [0, 0.1) is 0 Å². The Bertz CT molecular complexity index is 3890. The predicted molar refractivity (Wildman–Crippen MR) is 293 cm³/mol. The van der Waals surface area contributed by atoms with Crippen molar-refractivity contribution in [1.82, 2.24) is 0 Å². The molecule has 1 atom stereocenters. The molecule has 1 aliphatic rings. The van der Waals surface area contributed by atoms with Gasteiger partial charge in [-0.25, -0.2) is 0 Å². The minimum atomic E-state index is -0.428. The standard InChI is InChI=1S/C68H47N/c1-68(51-27-9-4-10-28-51)62-36-17-15-32-58(62)60-35-20-38-64(67(60)68)69(52-42-39-47(40-43-52)54-34-19-26-46-21-11-12-29-53(46)54)63-37-18-16-30-55(63)50-41-44-57-56-31-13-14-33-59(56)65(48-22-5-2-6-23-48)66(61(57)45-50)49-24-7-3-8-25-49/h2-45H,1H3. The lowest BCUT2D eigenvalue weighted by molar-refractivity contribution is 0.714. The molecule has 0 bridgehead atoms. The average Bonchev–Trinajstić information content (AvgIpc) is 3.70. The lowest BCUT2D eigenvalue weighted by Crippen LogP contribution is -2.25. The Morgan fingerprint density at radius 1 is 0.304 bits per heavy atom. The van der Waals surface area contributed by atoms with Crippen molar-refractivity contribution in [1.29, 1.82) is 0 Å². The van der Waals surface area contributed by atoms with Crippen molar-refractivity contribution in [3.63, 3.8) is 0 Å².